The van der Waals surface area contributed by atoms with Crippen molar-refractivity contribution < 1.29 is 0 Å². The standard InChI is InChI=1S/C14H22BrN3/c1-17(2)10-11-5-4-8-18(11)14-7-3-6-13(15)12(14)9-16/h3,6-7,11H,4-5,8-10,16H2,1-2H3. The molecule has 1 aromatic rings. The van der Waals surface area contributed by atoms with Gasteiger partial charge in [0.2, 0.25) is 0 Å². The van der Waals surface area contributed by atoms with Gasteiger partial charge in [0.15, 0.2) is 0 Å². The minimum atomic E-state index is 0.585. The molecule has 1 atom stereocenters. The third kappa shape index (κ3) is 2.87. The molecule has 0 bridgehead atoms. The van der Waals surface area contributed by atoms with Crippen molar-refractivity contribution >= 4 is 21.6 Å². The number of halogens is 1. The molecule has 100 valence electrons. The van der Waals surface area contributed by atoms with Crippen LogP contribution in [0.15, 0.2) is 22.7 Å². The van der Waals surface area contributed by atoms with Crippen LogP contribution in [0.2, 0.25) is 0 Å². The van der Waals surface area contributed by atoms with Crippen molar-refractivity contribution in [3.63, 3.8) is 0 Å². The Bertz CT molecular complexity index is 406. The Hall–Kier alpha value is -0.580. The quantitative estimate of drug-likeness (QED) is 0.927. The van der Waals surface area contributed by atoms with Crippen molar-refractivity contribution in [1.29, 1.82) is 0 Å². The maximum Gasteiger partial charge on any atom is 0.0426 e. The van der Waals surface area contributed by atoms with E-state index in [1.54, 1.807) is 0 Å². The van der Waals surface area contributed by atoms with Crippen molar-refractivity contribution in [3.05, 3.63) is 28.2 Å². The lowest BCUT2D eigenvalue weighted by Crippen LogP contribution is -2.38. The van der Waals surface area contributed by atoms with E-state index >= 15 is 0 Å². The second-order valence-electron chi connectivity index (χ2n) is 5.19. The zero-order valence-electron chi connectivity index (χ0n) is 11.2. The molecule has 2 rings (SSSR count). The van der Waals surface area contributed by atoms with Crippen LogP contribution in [0.5, 0.6) is 0 Å². The van der Waals surface area contributed by atoms with E-state index in [1.807, 2.05) is 0 Å². The van der Waals surface area contributed by atoms with Crippen LogP contribution < -0.4 is 10.6 Å². The lowest BCUT2D eigenvalue weighted by molar-refractivity contribution is 0.372. The molecule has 1 aliphatic rings. The third-order valence-corrected chi connectivity index (χ3v) is 4.30. The van der Waals surface area contributed by atoms with E-state index in [0.717, 1.165) is 17.6 Å². The Labute approximate surface area is 118 Å². The normalized spacial score (nSPS) is 19.8. The predicted octanol–water partition coefficient (Wildman–Crippen LogP) is 2.44. The SMILES string of the molecule is CN(C)CC1CCCN1c1cccc(Br)c1CN. The molecule has 1 unspecified atom stereocenters. The molecule has 0 saturated carbocycles. The van der Waals surface area contributed by atoms with Crippen molar-refractivity contribution in [1.82, 2.24) is 4.90 Å². The Morgan fingerprint density at radius 2 is 2.22 bits per heavy atom. The summed E-state index contributed by atoms with van der Waals surface area (Å²) in [5, 5.41) is 0. The van der Waals surface area contributed by atoms with Crippen molar-refractivity contribution in [2.24, 2.45) is 5.73 Å². The number of hydrogen-bond acceptors (Lipinski definition) is 3. The van der Waals surface area contributed by atoms with Crippen LogP contribution in [0, 0.1) is 0 Å². The van der Waals surface area contributed by atoms with Gasteiger partial charge in [0, 0.05) is 41.4 Å². The predicted molar refractivity (Wildman–Crippen MR) is 81.0 cm³/mol. The lowest BCUT2D eigenvalue weighted by atomic mass is 10.1. The van der Waals surface area contributed by atoms with E-state index in [1.165, 1.54) is 24.1 Å². The van der Waals surface area contributed by atoms with Crippen LogP contribution in [-0.4, -0.2) is 38.1 Å². The average Bonchev–Trinajstić information content (AvgIpc) is 2.75. The van der Waals surface area contributed by atoms with Crippen LogP contribution in [0.3, 0.4) is 0 Å². The zero-order valence-corrected chi connectivity index (χ0v) is 12.8. The Morgan fingerprint density at radius 3 is 2.89 bits per heavy atom. The van der Waals surface area contributed by atoms with Crippen LogP contribution in [-0.2, 0) is 6.54 Å². The van der Waals surface area contributed by atoms with Gasteiger partial charge in [-0.25, -0.2) is 0 Å². The fourth-order valence-electron chi connectivity index (χ4n) is 2.78. The molecule has 1 heterocycles. The molecule has 1 saturated heterocycles. The number of benzene rings is 1. The van der Waals surface area contributed by atoms with E-state index < -0.39 is 0 Å². The second kappa shape index (κ2) is 6.04. The third-order valence-electron chi connectivity index (χ3n) is 3.56. The summed E-state index contributed by atoms with van der Waals surface area (Å²) in [5.41, 5.74) is 8.43. The topological polar surface area (TPSA) is 32.5 Å². The van der Waals surface area contributed by atoms with Gasteiger partial charge in [-0.2, -0.15) is 0 Å². The maximum atomic E-state index is 5.90. The van der Waals surface area contributed by atoms with Gasteiger partial charge in [0.1, 0.15) is 0 Å². The molecule has 0 spiro atoms. The fraction of sp³-hybridized carbons (Fsp3) is 0.571. The van der Waals surface area contributed by atoms with Crippen molar-refractivity contribution in [3.8, 4) is 0 Å². The smallest absolute Gasteiger partial charge is 0.0426 e. The highest BCUT2D eigenvalue weighted by atomic mass is 79.9. The minimum Gasteiger partial charge on any atom is -0.367 e. The van der Waals surface area contributed by atoms with Gasteiger partial charge < -0.3 is 15.5 Å². The molecule has 3 nitrogen and oxygen atoms in total. The first-order chi connectivity index (χ1) is 8.63. The molecule has 2 N–H and O–H groups in total. The summed E-state index contributed by atoms with van der Waals surface area (Å²) in [6.45, 7) is 2.83. The fourth-order valence-corrected chi connectivity index (χ4v) is 3.30. The summed E-state index contributed by atoms with van der Waals surface area (Å²) < 4.78 is 1.12. The van der Waals surface area contributed by atoms with E-state index in [9.17, 15) is 0 Å². The van der Waals surface area contributed by atoms with Gasteiger partial charge >= 0.3 is 0 Å². The maximum absolute atomic E-state index is 5.90. The molecule has 4 heteroatoms. The van der Waals surface area contributed by atoms with Crippen LogP contribution in [0.4, 0.5) is 5.69 Å². The van der Waals surface area contributed by atoms with Gasteiger partial charge in [-0.05, 0) is 39.1 Å². The molecule has 0 amide bonds. The molecule has 0 aliphatic carbocycles. The highest BCUT2D eigenvalue weighted by Gasteiger charge is 2.26. The van der Waals surface area contributed by atoms with Crippen molar-refractivity contribution in [2.45, 2.75) is 25.4 Å². The van der Waals surface area contributed by atoms with Gasteiger partial charge in [-0.15, -0.1) is 0 Å². The Morgan fingerprint density at radius 1 is 1.44 bits per heavy atom. The molecular formula is C14H22BrN3. The summed E-state index contributed by atoms with van der Waals surface area (Å²) in [5.74, 6) is 0. The summed E-state index contributed by atoms with van der Waals surface area (Å²) in [7, 11) is 4.28. The molecular weight excluding hydrogens is 290 g/mol. The molecule has 1 fully saturated rings. The summed E-state index contributed by atoms with van der Waals surface area (Å²) in [6.07, 6.45) is 2.55. The molecule has 1 aromatic carbocycles. The lowest BCUT2D eigenvalue weighted by Gasteiger charge is -2.31. The monoisotopic (exact) mass is 311 g/mol. The van der Waals surface area contributed by atoms with E-state index in [2.05, 4.69) is 58.0 Å². The number of nitrogens with zero attached hydrogens (tertiary/aromatic N) is 2. The first-order valence-corrected chi connectivity index (χ1v) is 7.31. The number of likely N-dealkylation sites (N-methyl/N-ethyl adjacent to an activating group) is 1. The Kier molecular flexibility index (Phi) is 4.65. The van der Waals surface area contributed by atoms with Gasteiger partial charge in [0.05, 0.1) is 0 Å². The highest BCUT2D eigenvalue weighted by Crippen LogP contribution is 2.32. The molecule has 0 aromatic heterocycles. The highest BCUT2D eigenvalue weighted by molar-refractivity contribution is 9.10. The van der Waals surface area contributed by atoms with Crippen LogP contribution >= 0.6 is 15.9 Å². The largest absolute Gasteiger partial charge is 0.367 e. The summed E-state index contributed by atoms with van der Waals surface area (Å²) in [4.78, 5) is 4.79. The minimum absolute atomic E-state index is 0.585. The first-order valence-electron chi connectivity index (χ1n) is 6.52. The van der Waals surface area contributed by atoms with Crippen LogP contribution in [0.1, 0.15) is 18.4 Å². The Balaban J connectivity index is 2.27. The van der Waals surface area contributed by atoms with Gasteiger partial charge in [-0.3, -0.25) is 0 Å². The summed E-state index contributed by atoms with van der Waals surface area (Å²) in [6, 6.07) is 6.98. The second-order valence-corrected chi connectivity index (χ2v) is 6.05. The van der Waals surface area contributed by atoms with Crippen LogP contribution in [0.25, 0.3) is 0 Å². The number of hydrogen-bond donors (Lipinski definition) is 1. The number of anilines is 1. The number of nitrogens with two attached hydrogens (primary N) is 1. The molecule has 1 aliphatic heterocycles. The summed E-state index contributed by atoms with van der Waals surface area (Å²) >= 11 is 3.61. The van der Waals surface area contributed by atoms with Crippen molar-refractivity contribution in [2.75, 3.05) is 32.1 Å². The molecule has 18 heavy (non-hydrogen) atoms. The average molecular weight is 312 g/mol. The van der Waals surface area contributed by atoms with E-state index in [4.69, 9.17) is 5.73 Å². The molecule has 0 radical (unpaired) electrons. The van der Waals surface area contributed by atoms with E-state index in [0.29, 0.717) is 12.6 Å². The van der Waals surface area contributed by atoms with E-state index in [-0.39, 0.29) is 0 Å². The van der Waals surface area contributed by atoms with Gasteiger partial charge in [-0.1, -0.05) is 22.0 Å². The zero-order chi connectivity index (χ0) is 13.1. The van der Waals surface area contributed by atoms with Gasteiger partial charge in [0.25, 0.3) is 0 Å². The first kappa shape index (κ1) is 13.8. The number of rotatable bonds is 4.